The first-order valence-electron chi connectivity index (χ1n) is 22.0. The largest absolute Gasteiger partial charge is 0.416 e. The second kappa shape index (κ2) is 17.4. The molecule has 0 saturated heterocycles. The molecular formula is C59H34F3N7. The maximum absolute atomic E-state index is 15.8. The lowest BCUT2D eigenvalue weighted by Gasteiger charge is -2.22. The van der Waals surface area contributed by atoms with Crippen LogP contribution < -0.4 is 0 Å². The second-order valence-corrected chi connectivity index (χ2v) is 16.4. The minimum absolute atomic E-state index is 0.0562. The van der Waals surface area contributed by atoms with Gasteiger partial charge in [0.2, 0.25) is 0 Å². The molecule has 326 valence electrons. The van der Waals surface area contributed by atoms with Crippen LogP contribution in [0.5, 0.6) is 0 Å². The summed E-state index contributed by atoms with van der Waals surface area (Å²) in [5, 5.41) is 21.5. The summed E-state index contributed by atoms with van der Waals surface area (Å²) in [6.07, 6.45) is -4.82. The Balaban J connectivity index is 1.32. The molecule has 0 amide bonds. The minimum atomic E-state index is -4.82. The standard InChI is InChI=1S/C59H34F3N7/c60-59(61,62)45-31-48(53-34-52(41-19-9-3-10-20-41)65-57(68-53)42-21-11-4-12-22-42)56(49(32-45)58-66-50(39-15-5-1-6-16-39)33-51(67-58)40-17-7-2-8-18-40)69-54-24-14-13-23-46(54)47-26-25-43(30-55(47)69)44-28-37(35-63)27-38(29-44)36-64/h1-34H. The van der Waals surface area contributed by atoms with Crippen LogP contribution in [0.1, 0.15) is 16.7 Å². The average molecular weight is 898 g/mol. The summed E-state index contributed by atoms with van der Waals surface area (Å²) in [7, 11) is 0. The number of aromatic nitrogens is 5. The minimum Gasteiger partial charge on any atom is -0.308 e. The fourth-order valence-electron chi connectivity index (χ4n) is 8.86. The summed E-state index contributed by atoms with van der Waals surface area (Å²) >= 11 is 0. The Morgan fingerprint density at radius 2 is 0.841 bits per heavy atom. The van der Waals surface area contributed by atoms with Crippen LogP contribution in [0.4, 0.5) is 13.2 Å². The van der Waals surface area contributed by atoms with Gasteiger partial charge in [-0.25, -0.2) is 19.9 Å². The zero-order chi connectivity index (χ0) is 47.1. The summed E-state index contributed by atoms with van der Waals surface area (Å²) in [6, 6.07) is 66.5. The molecule has 0 bridgehead atoms. The Bertz CT molecular complexity index is 3540. The number of halogens is 3. The molecular weight excluding hydrogens is 864 g/mol. The molecule has 3 aromatic heterocycles. The number of hydrogen-bond donors (Lipinski definition) is 0. The van der Waals surface area contributed by atoms with Gasteiger partial charge in [-0.15, -0.1) is 0 Å². The predicted molar refractivity (Wildman–Crippen MR) is 264 cm³/mol. The van der Waals surface area contributed by atoms with Crippen LogP contribution in [-0.4, -0.2) is 24.5 Å². The van der Waals surface area contributed by atoms with E-state index < -0.39 is 11.7 Å². The molecule has 0 aliphatic carbocycles. The van der Waals surface area contributed by atoms with Crippen molar-refractivity contribution in [2.75, 3.05) is 0 Å². The summed E-state index contributed by atoms with van der Waals surface area (Å²) in [4.78, 5) is 20.4. The monoisotopic (exact) mass is 897 g/mol. The fourth-order valence-corrected chi connectivity index (χ4v) is 8.86. The van der Waals surface area contributed by atoms with Crippen LogP contribution in [0.25, 0.3) is 106 Å². The highest BCUT2D eigenvalue weighted by Gasteiger charge is 2.35. The van der Waals surface area contributed by atoms with E-state index in [1.54, 1.807) is 18.2 Å². The van der Waals surface area contributed by atoms with Gasteiger partial charge in [-0.05, 0) is 65.7 Å². The second-order valence-electron chi connectivity index (χ2n) is 16.4. The lowest BCUT2D eigenvalue weighted by molar-refractivity contribution is -0.137. The summed E-state index contributed by atoms with van der Waals surface area (Å²) < 4.78 is 49.3. The van der Waals surface area contributed by atoms with E-state index in [1.165, 1.54) is 6.07 Å². The molecule has 11 rings (SSSR count). The van der Waals surface area contributed by atoms with Crippen molar-refractivity contribution in [3.63, 3.8) is 0 Å². The van der Waals surface area contributed by atoms with Gasteiger partial charge in [-0.1, -0.05) is 152 Å². The third kappa shape index (κ3) is 8.03. The van der Waals surface area contributed by atoms with Crippen molar-refractivity contribution in [1.29, 1.82) is 10.5 Å². The number of hydrogen-bond acceptors (Lipinski definition) is 6. The van der Waals surface area contributed by atoms with Crippen molar-refractivity contribution >= 4 is 21.8 Å². The normalized spacial score (nSPS) is 11.4. The number of nitriles is 2. The Hall–Kier alpha value is -9.51. The Labute approximate surface area is 394 Å². The van der Waals surface area contributed by atoms with Gasteiger partial charge in [0.05, 0.1) is 68.3 Å². The van der Waals surface area contributed by atoms with E-state index in [0.29, 0.717) is 67.4 Å². The van der Waals surface area contributed by atoms with Crippen molar-refractivity contribution in [3.8, 4) is 96.8 Å². The fraction of sp³-hybridized carbons (Fsp3) is 0.0169. The molecule has 0 spiro atoms. The van der Waals surface area contributed by atoms with E-state index in [9.17, 15) is 10.5 Å². The number of rotatable bonds is 8. The Kier molecular flexibility index (Phi) is 10.6. The number of para-hydroxylation sites is 1. The summed E-state index contributed by atoms with van der Waals surface area (Å²) in [6.45, 7) is 0. The average Bonchev–Trinajstić information content (AvgIpc) is 3.74. The van der Waals surface area contributed by atoms with Crippen molar-refractivity contribution in [3.05, 3.63) is 223 Å². The molecule has 11 aromatic rings. The zero-order valence-electron chi connectivity index (χ0n) is 36.4. The van der Waals surface area contributed by atoms with E-state index in [-0.39, 0.29) is 22.6 Å². The smallest absolute Gasteiger partial charge is 0.308 e. The highest BCUT2D eigenvalue weighted by atomic mass is 19.4. The van der Waals surface area contributed by atoms with Crippen LogP contribution >= 0.6 is 0 Å². The molecule has 0 unspecified atom stereocenters. The number of nitrogens with zero attached hydrogens (tertiary/aromatic N) is 7. The van der Waals surface area contributed by atoms with Gasteiger partial charge < -0.3 is 4.57 Å². The van der Waals surface area contributed by atoms with Crippen LogP contribution in [-0.2, 0) is 6.18 Å². The molecule has 0 saturated carbocycles. The first-order valence-corrected chi connectivity index (χ1v) is 22.0. The topological polar surface area (TPSA) is 104 Å². The van der Waals surface area contributed by atoms with E-state index in [2.05, 4.69) is 12.1 Å². The summed E-state index contributed by atoms with van der Waals surface area (Å²) in [5.41, 5.74) is 7.63. The highest BCUT2D eigenvalue weighted by molar-refractivity contribution is 6.11. The lowest BCUT2D eigenvalue weighted by atomic mass is 9.96. The van der Waals surface area contributed by atoms with Gasteiger partial charge >= 0.3 is 6.18 Å². The number of fused-ring (bicyclic) bond motifs is 3. The van der Waals surface area contributed by atoms with E-state index in [1.807, 2.05) is 174 Å². The van der Waals surface area contributed by atoms with Crippen LogP contribution in [0, 0.1) is 22.7 Å². The highest BCUT2D eigenvalue weighted by Crippen LogP contribution is 2.46. The van der Waals surface area contributed by atoms with Crippen LogP contribution in [0.2, 0.25) is 0 Å². The Morgan fingerprint density at radius 3 is 1.39 bits per heavy atom. The maximum atomic E-state index is 15.8. The third-order valence-corrected chi connectivity index (χ3v) is 12.1. The van der Waals surface area contributed by atoms with E-state index in [0.717, 1.165) is 39.6 Å². The summed E-state index contributed by atoms with van der Waals surface area (Å²) in [5.74, 6) is 0.376. The lowest BCUT2D eigenvalue weighted by Crippen LogP contribution is -2.11. The van der Waals surface area contributed by atoms with Crippen molar-refractivity contribution in [2.24, 2.45) is 0 Å². The van der Waals surface area contributed by atoms with Crippen LogP contribution in [0.15, 0.2) is 206 Å². The number of alkyl halides is 3. The Morgan fingerprint density at radius 1 is 0.377 bits per heavy atom. The molecule has 0 aliphatic heterocycles. The third-order valence-electron chi connectivity index (χ3n) is 12.1. The molecule has 0 fully saturated rings. The molecule has 8 aromatic carbocycles. The van der Waals surface area contributed by atoms with E-state index in [4.69, 9.17) is 19.9 Å². The van der Waals surface area contributed by atoms with Crippen LogP contribution in [0.3, 0.4) is 0 Å². The van der Waals surface area contributed by atoms with Gasteiger partial charge in [0.1, 0.15) is 0 Å². The molecule has 0 N–H and O–H groups in total. The molecule has 69 heavy (non-hydrogen) atoms. The van der Waals surface area contributed by atoms with Gasteiger partial charge in [0.15, 0.2) is 11.6 Å². The van der Waals surface area contributed by atoms with Crippen molar-refractivity contribution < 1.29 is 13.2 Å². The maximum Gasteiger partial charge on any atom is 0.416 e. The predicted octanol–water partition coefficient (Wildman–Crippen LogP) is 14.8. The molecule has 3 heterocycles. The zero-order valence-corrected chi connectivity index (χ0v) is 36.4. The molecule has 0 aliphatic rings. The first kappa shape index (κ1) is 42.1. The van der Waals surface area contributed by atoms with Gasteiger partial charge in [-0.2, -0.15) is 23.7 Å². The first-order chi connectivity index (χ1) is 33.7. The molecule has 10 heteroatoms. The van der Waals surface area contributed by atoms with Gasteiger partial charge in [0, 0.05) is 44.2 Å². The SMILES string of the molecule is N#Cc1cc(C#N)cc(-c2ccc3c4ccccc4n(-c4c(-c5cc(-c6ccccc6)nc(-c6ccccc6)n5)cc(C(F)(F)F)cc4-c4nc(-c5ccccc5)cc(-c5ccccc5)n4)c3c2)c1. The van der Waals surface area contributed by atoms with Crippen molar-refractivity contribution in [1.82, 2.24) is 24.5 Å². The molecule has 0 atom stereocenters. The van der Waals surface area contributed by atoms with Crippen molar-refractivity contribution in [2.45, 2.75) is 6.18 Å². The molecule has 7 nitrogen and oxygen atoms in total. The van der Waals surface area contributed by atoms with Gasteiger partial charge in [0.25, 0.3) is 0 Å². The van der Waals surface area contributed by atoms with Gasteiger partial charge in [-0.3, -0.25) is 0 Å². The molecule has 0 radical (unpaired) electrons. The quantitative estimate of drug-likeness (QED) is 0.150. The number of benzene rings is 8. The van der Waals surface area contributed by atoms with E-state index >= 15 is 13.2 Å².